The molecule has 1 aromatic rings. The number of benzene rings is 1. The number of aliphatic hydroxyl groups is 6. The number of carbonyl (C=O) groups excluding carboxylic acids is 3. The third kappa shape index (κ3) is 12.8. The SMILES string of the molecule is CCc1c(COC(=O)CC[C@@H](C)[C@H]2CC[C@H]3[C@@H]4CC[C@@H]5C[C@H](O)CC[C@]5(C)[C@H]4C[C@H](O)[C@]23C)c(CC)c(COC(=O)CC[C@@H](C)[C@H]2CC[C@H]3[C@@H]4CC[C@@H]5C[C@H](O)CC[C@]5(C)[C@H]4C[C@H](O)[C@]23C)c(CC)c1COC(=O)CC[C@@H](C)[C@H]1CC[C@H]2[C@@H]3CC[C@@H]4C[C@H](O)CC[C@]4(C)[C@H]3C[C@H](O)[C@]12C. The molecular weight excluding hydrogens is 1240 g/mol. The lowest BCUT2D eigenvalue weighted by Crippen LogP contribution is -2.58. The van der Waals surface area contributed by atoms with E-state index in [0.717, 1.165) is 149 Å². The third-order valence-corrected chi connectivity index (χ3v) is 35.3. The maximum absolute atomic E-state index is 14.3. The second-order valence-electron chi connectivity index (χ2n) is 38.6. The minimum Gasteiger partial charge on any atom is -0.461 e. The standard InChI is InChI=1S/C87H138O12/c1-13-58-64(46-97-79(94)31-16-49(4)67-25-28-70-61-22-19-52-40-55(88)34-37-82(52,7)73(61)43-76(91)85(67,70)10)59(14-2)66(48-99-81(96)33-18-51(6)69-27-30-72-63-24-21-54-42-57(90)36-39-84(54,9)75(63)45-78(93)87(69,72)12)60(15-3)65(58)47-98-80(95)32-17-50(5)68-26-29-71-62-23-20-53-41-56(89)35-38-83(53,8)74(62)44-77(92)86(68,71)11/h49-57,61-63,67-78,88-93H,13-48H2,1-12H3/t49-,50-,51-,52-,53-,54-,55-,56-,57-,61+,62+,63+,67-,68-,69-,70+,71+,72+,73+,74+,75+,76+,77+,78+,82+,83+,84+,85-,86-,87-/m1/s1. The van der Waals surface area contributed by atoms with Gasteiger partial charge in [0.2, 0.25) is 0 Å². The van der Waals surface area contributed by atoms with Crippen molar-refractivity contribution in [2.24, 2.45) is 139 Å². The normalized spacial score (nSPS) is 45.9. The molecule has 12 saturated carbocycles. The number of rotatable bonds is 21. The molecule has 12 aliphatic rings. The van der Waals surface area contributed by atoms with E-state index in [1.165, 1.54) is 38.5 Å². The van der Waals surface area contributed by atoms with Gasteiger partial charge >= 0.3 is 17.9 Å². The largest absolute Gasteiger partial charge is 0.461 e. The molecule has 99 heavy (non-hydrogen) atoms. The van der Waals surface area contributed by atoms with Crippen LogP contribution in [0, 0.1) is 139 Å². The smallest absolute Gasteiger partial charge is 0.306 e. The third-order valence-electron chi connectivity index (χ3n) is 35.3. The van der Waals surface area contributed by atoms with Crippen molar-refractivity contribution in [1.29, 1.82) is 0 Å². The van der Waals surface area contributed by atoms with E-state index in [9.17, 15) is 45.0 Å². The van der Waals surface area contributed by atoms with Crippen molar-refractivity contribution in [2.75, 3.05) is 0 Å². The number of esters is 3. The summed E-state index contributed by atoms with van der Waals surface area (Å²) in [6.45, 7) is 28.0. The molecule has 0 aromatic heterocycles. The lowest BCUT2D eigenvalue weighted by atomic mass is 9.43. The van der Waals surface area contributed by atoms with Crippen molar-refractivity contribution in [1.82, 2.24) is 0 Å². The number of aliphatic hydroxyl groups excluding tert-OH is 6. The van der Waals surface area contributed by atoms with Crippen molar-refractivity contribution in [3.05, 3.63) is 33.4 Å². The summed E-state index contributed by atoms with van der Waals surface area (Å²) in [7, 11) is 0. The Kier molecular flexibility index (Phi) is 21.8. The van der Waals surface area contributed by atoms with Crippen molar-refractivity contribution < 1.29 is 59.2 Å². The first-order valence-electron chi connectivity index (χ1n) is 41.8. The van der Waals surface area contributed by atoms with Gasteiger partial charge < -0.3 is 44.8 Å². The van der Waals surface area contributed by atoms with Gasteiger partial charge in [0.05, 0.1) is 36.6 Å². The van der Waals surface area contributed by atoms with Crippen molar-refractivity contribution in [3.63, 3.8) is 0 Å². The summed E-state index contributed by atoms with van der Waals surface area (Å²) in [4.78, 5) is 43.0. The molecule has 12 fully saturated rings. The van der Waals surface area contributed by atoms with E-state index in [1.807, 2.05) is 0 Å². The molecule has 1 aromatic carbocycles. The van der Waals surface area contributed by atoms with Crippen molar-refractivity contribution in [2.45, 2.75) is 351 Å². The van der Waals surface area contributed by atoms with Crippen LogP contribution in [-0.2, 0) is 67.7 Å². The van der Waals surface area contributed by atoms with Crippen LogP contribution in [0.5, 0.6) is 0 Å². The predicted octanol–water partition coefficient (Wildman–Crippen LogP) is 16.7. The first-order valence-corrected chi connectivity index (χ1v) is 41.8. The van der Waals surface area contributed by atoms with Crippen LogP contribution in [0.4, 0.5) is 0 Å². The van der Waals surface area contributed by atoms with Gasteiger partial charge in [0, 0.05) is 19.3 Å². The Hall–Kier alpha value is -2.61. The van der Waals surface area contributed by atoms with Crippen LogP contribution in [0.3, 0.4) is 0 Å². The van der Waals surface area contributed by atoms with Gasteiger partial charge in [0.25, 0.3) is 0 Å². The number of hydrogen-bond acceptors (Lipinski definition) is 12. The van der Waals surface area contributed by atoms with E-state index in [4.69, 9.17) is 14.2 Å². The van der Waals surface area contributed by atoms with Crippen molar-refractivity contribution >= 4 is 17.9 Å². The minimum absolute atomic E-state index is 0.0668. The fourth-order valence-electron chi connectivity index (χ4n) is 29.7. The van der Waals surface area contributed by atoms with Crippen LogP contribution in [0.25, 0.3) is 0 Å². The van der Waals surface area contributed by atoms with E-state index in [0.29, 0.717) is 127 Å². The molecule has 12 nitrogen and oxygen atoms in total. The molecule has 0 unspecified atom stereocenters. The number of carbonyl (C=O) groups is 3. The molecule has 12 aliphatic carbocycles. The van der Waals surface area contributed by atoms with Crippen LogP contribution in [0.15, 0.2) is 0 Å². The number of fused-ring (bicyclic) bond motifs is 15. The van der Waals surface area contributed by atoms with E-state index < -0.39 is 0 Å². The summed E-state index contributed by atoms with van der Waals surface area (Å²) < 4.78 is 19.3. The Morgan fingerprint density at radius 3 is 0.869 bits per heavy atom. The Labute approximate surface area is 598 Å². The van der Waals surface area contributed by atoms with E-state index in [2.05, 4.69) is 83.1 Å². The maximum atomic E-state index is 14.3. The Morgan fingerprint density at radius 2 is 0.616 bits per heavy atom. The van der Waals surface area contributed by atoms with Crippen LogP contribution in [0.1, 0.15) is 309 Å². The van der Waals surface area contributed by atoms with Crippen LogP contribution < -0.4 is 0 Å². The summed E-state index contributed by atoms with van der Waals surface area (Å²) in [5.74, 6) is 7.12. The lowest BCUT2D eigenvalue weighted by Gasteiger charge is -2.62. The fourth-order valence-corrected chi connectivity index (χ4v) is 29.7. The molecule has 0 saturated heterocycles. The fraction of sp³-hybridized carbons (Fsp3) is 0.897. The highest BCUT2D eigenvalue weighted by Gasteiger charge is 2.67. The summed E-state index contributed by atoms with van der Waals surface area (Å²) in [6, 6.07) is 0. The molecule has 6 N–H and O–H groups in total. The number of hydrogen-bond donors (Lipinski definition) is 6. The van der Waals surface area contributed by atoms with Gasteiger partial charge in [-0.25, -0.2) is 0 Å². The molecule has 0 heterocycles. The average molecular weight is 1380 g/mol. The van der Waals surface area contributed by atoms with E-state index in [-0.39, 0.29) is 144 Å². The second-order valence-corrected chi connectivity index (χ2v) is 38.6. The first kappa shape index (κ1) is 74.7. The maximum Gasteiger partial charge on any atom is 0.306 e. The van der Waals surface area contributed by atoms with Gasteiger partial charge in [-0.3, -0.25) is 14.4 Å². The minimum atomic E-state index is -0.387. The molecule has 30 atom stereocenters. The van der Waals surface area contributed by atoms with Crippen LogP contribution in [-0.4, -0.2) is 85.2 Å². The van der Waals surface area contributed by atoms with Gasteiger partial charge in [-0.15, -0.1) is 0 Å². The highest BCUT2D eigenvalue weighted by molar-refractivity contribution is 5.71. The Morgan fingerprint density at radius 1 is 0.354 bits per heavy atom. The van der Waals surface area contributed by atoms with Gasteiger partial charge in [-0.2, -0.15) is 0 Å². The zero-order chi connectivity index (χ0) is 70.6. The molecule has 0 radical (unpaired) electrons. The lowest BCUT2D eigenvalue weighted by molar-refractivity contribution is -0.175. The second kappa shape index (κ2) is 28.9. The quantitative estimate of drug-likeness (QED) is 0.0503. The number of ether oxygens (including phenoxy) is 3. The molecular formula is C87H138O12. The summed E-state index contributed by atoms with van der Waals surface area (Å²) in [6.07, 6.45) is 27.7. The average Bonchev–Trinajstić information content (AvgIpc) is 1.64. The first-order chi connectivity index (χ1) is 47.1. The van der Waals surface area contributed by atoms with Crippen molar-refractivity contribution in [3.8, 4) is 0 Å². The van der Waals surface area contributed by atoms with Crippen LogP contribution in [0.2, 0.25) is 0 Å². The summed E-state index contributed by atoms with van der Waals surface area (Å²) in [5.41, 5.74) is 5.75. The zero-order valence-corrected chi connectivity index (χ0v) is 63.9. The molecule has 13 rings (SSSR count). The molecule has 558 valence electrons. The van der Waals surface area contributed by atoms with Gasteiger partial charge in [0.15, 0.2) is 0 Å². The molecule has 0 amide bonds. The molecule has 0 bridgehead atoms. The highest BCUT2D eigenvalue weighted by atomic mass is 16.5. The topological polar surface area (TPSA) is 200 Å². The Bertz CT molecular complexity index is 2720. The molecule has 0 aliphatic heterocycles. The summed E-state index contributed by atoms with van der Waals surface area (Å²) in [5, 5.41) is 69.1. The molecule has 0 spiro atoms. The van der Waals surface area contributed by atoms with Gasteiger partial charge in [-0.05, 0) is 365 Å². The zero-order valence-electron chi connectivity index (χ0n) is 63.9. The predicted molar refractivity (Wildman–Crippen MR) is 387 cm³/mol. The van der Waals surface area contributed by atoms with Gasteiger partial charge in [0.1, 0.15) is 19.8 Å². The van der Waals surface area contributed by atoms with Crippen LogP contribution >= 0.6 is 0 Å². The van der Waals surface area contributed by atoms with Gasteiger partial charge in [-0.1, -0.05) is 83.1 Å². The summed E-state index contributed by atoms with van der Waals surface area (Å²) >= 11 is 0. The van der Waals surface area contributed by atoms with E-state index >= 15 is 0 Å². The highest BCUT2D eigenvalue weighted by Crippen LogP contribution is 2.72. The van der Waals surface area contributed by atoms with E-state index in [1.54, 1.807) is 0 Å². The Balaban J connectivity index is 0.682. The monoisotopic (exact) mass is 1380 g/mol. The molecule has 12 heteroatoms.